The van der Waals surface area contributed by atoms with Crippen LogP contribution in [0, 0.1) is 0 Å². The molecule has 0 saturated carbocycles. The molecule has 0 spiro atoms. The number of aryl methyl sites for hydroxylation is 1. The number of pyridine rings is 1. The van der Waals surface area contributed by atoms with Crippen molar-refractivity contribution < 1.29 is 4.79 Å². The smallest absolute Gasteiger partial charge is 0.225 e. The molecule has 1 amide bonds. The van der Waals surface area contributed by atoms with E-state index in [-0.39, 0.29) is 5.91 Å². The summed E-state index contributed by atoms with van der Waals surface area (Å²) in [5, 5.41) is 6.08. The van der Waals surface area contributed by atoms with Gasteiger partial charge in [0, 0.05) is 12.1 Å². The zero-order chi connectivity index (χ0) is 16.6. The summed E-state index contributed by atoms with van der Waals surface area (Å²) in [5.41, 5.74) is 3.03. The maximum atomic E-state index is 12.0. The third kappa shape index (κ3) is 4.68. The molecular weight excluding hydrogens is 298 g/mol. The van der Waals surface area contributed by atoms with Crippen LogP contribution in [0.3, 0.4) is 0 Å². The Hall–Kier alpha value is -3.14. The Balaban J connectivity index is 1.51. The first-order valence-electron chi connectivity index (χ1n) is 7.91. The van der Waals surface area contributed by atoms with Gasteiger partial charge in [-0.05, 0) is 36.2 Å². The quantitative estimate of drug-likeness (QED) is 0.708. The summed E-state index contributed by atoms with van der Waals surface area (Å²) in [6, 6.07) is 23.5. The molecule has 0 aliphatic heterocycles. The van der Waals surface area contributed by atoms with Gasteiger partial charge < -0.3 is 10.6 Å². The highest BCUT2D eigenvalue weighted by Gasteiger charge is 2.04. The molecule has 0 aliphatic rings. The van der Waals surface area contributed by atoms with Crippen LogP contribution in [0.4, 0.5) is 17.2 Å². The lowest BCUT2D eigenvalue weighted by atomic mass is 10.1. The highest BCUT2D eigenvalue weighted by atomic mass is 16.1. The molecule has 24 heavy (non-hydrogen) atoms. The van der Waals surface area contributed by atoms with Crippen LogP contribution >= 0.6 is 0 Å². The number of nitrogens with one attached hydrogen (secondary N) is 2. The van der Waals surface area contributed by atoms with Crippen molar-refractivity contribution in [2.24, 2.45) is 0 Å². The Kier molecular flexibility index (Phi) is 5.20. The first-order chi connectivity index (χ1) is 11.8. The van der Waals surface area contributed by atoms with E-state index in [1.807, 2.05) is 66.7 Å². The summed E-state index contributed by atoms with van der Waals surface area (Å²) in [6.07, 6.45) is 2.87. The van der Waals surface area contributed by atoms with Crippen molar-refractivity contribution in [2.45, 2.75) is 12.8 Å². The van der Waals surface area contributed by atoms with Gasteiger partial charge in [-0.15, -0.1) is 0 Å². The molecular formula is C20H19N3O. The van der Waals surface area contributed by atoms with Gasteiger partial charge in [-0.25, -0.2) is 4.98 Å². The zero-order valence-corrected chi connectivity index (χ0v) is 13.3. The number of hydrogen-bond donors (Lipinski definition) is 2. The van der Waals surface area contributed by atoms with Gasteiger partial charge >= 0.3 is 0 Å². The number of rotatable bonds is 6. The van der Waals surface area contributed by atoms with Crippen LogP contribution in [0.5, 0.6) is 0 Å². The number of hydrogen-bond acceptors (Lipinski definition) is 3. The van der Waals surface area contributed by atoms with Crippen LogP contribution in [0.15, 0.2) is 79.0 Å². The van der Waals surface area contributed by atoms with Crippen molar-refractivity contribution in [3.63, 3.8) is 0 Å². The average molecular weight is 317 g/mol. The first kappa shape index (κ1) is 15.7. The summed E-state index contributed by atoms with van der Waals surface area (Å²) in [6.45, 7) is 0. The molecule has 0 atom stereocenters. The van der Waals surface area contributed by atoms with Gasteiger partial charge in [-0.1, -0.05) is 48.5 Å². The number of nitrogens with zero attached hydrogens (tertiary/aromatic N) is 1. The van der Waals surface area contributed by atoms with E-state index in [1.165, 1.54) is 0 Å². The fourth-order valence-electron chi connectivity index (χ4n) is 2.34. The van der Waals surface area contributed by atoms with E-state index in [9.17, 15) is 4.79 Å². The Labute approximate surface area is 141 Å². The lowest BCUT2D eigenvalue weighted by molar-refractivity contribution is -0.116. The van der Waals surface area contributed by atoms with E-state index in [0.717, 1.165) is 23.4 Å². The summed E-state index contributed by atoms with van der Waals surface area (Å²) < 4.78 is 0. The van der Waals surface area contributed by atoms with Gasteiger partial charge in [-0.2, -0.15) is 0 Å². The second-order valence-electron chi connectivity index (χ2n) is 5.46. The summed E-state index contributed by atoms with van der Waals surface area (Å²) in [4.78, 5) is 16.3. The zero-order valence-electron chi connectivity index (χ0n) is 13.3. The monoisotopic (exact) mass is 317 g/mol. The highest BCUT2D eigenvalue weighted by Crippen LogP contribution is 2.16. The molecule has 3 rings (SSSR count). The summed E-state index contributed by atoms with van der Waals surface area (Å²) in [5.74, 6) is 0.529. The summed E-state index contributed by atoms with van der Waals surface area (Å²) in [7, 11) is 0. The van der Waals surface area contributed by atoms with Crippen LogP contribution in [-0.4, -0.2) is 10.9 Å². The van der Waals surface area contributed by atoms with Gasteiger partial charge in [0.2, 0.25) is 5.91 Å². The number of anilines is 3. The fourth-order valence-corrected chi connectivity index (χ4v) is 2.34. The maximum absolute atomic E-state index is 12.0. The first-order valence-corrected chi connectivity index (χ1v) is 7.91. The molecule has 1 aromatic heterocycles. The maximum Gasteiger partial charge on any atom is 0.225 e. The number of para-hydroxylation sites is 1. The minimum absolute atomic E-state index is 0.0323. The number of benzene rings is 2. The van der Waals surface area contributed by atoms with E-state index in [4.69, 9.17) is 0 Å². The predicted molar refractivity (Wildman–Crippen MR) is 97.4 cm³/mol. The second-order valence-corrected chi connectivity index (χ2v) is 5.46. The minimum Gasteiger partial charge on any atom is -0.354 e. The van der Waals surface area contributed by atoms with Crippen LogP contribution in [-0.2, 0) is 11.2 Å². The fraction of sp³-hybridized carbons (Fsp3) is 0.100. The molecule has 1 heterocycles. The molecule has 2 N–H and O–H groups in total. The minimum atomic E-state index is -0.0323. The lowest BCUT2D eigenvalue weighted by Crippen LogP contribution is -2.13. The van der Waals surface area contributed by atoms with Gasteiger partial charge in [-0.3, -0.25) is 4.79 Å². The third-order valence-electron chi connectivity index (χ3n) is 3.58. The van der Waals surface area contributed by atoms with Crippen molar-refractivity contribution in [3.8, 4) is 0 Å². The second kappa shape index (κ2) is 7.92. The molecule has 0 bridgehead atoms. The number of amides is 1. The summed E-state index contributed by atoms with van der Waals surface area (Å²) >= 11 is 0. The largest absolute Gasteiger partial charge is 0.354 e. The molecule has 4 heteroatoms. The molecule has 2 aromatic carbocycles. The Morgan fingerprint density at radius 2 is 1.54 bits per heavy atom. The van der Waals surface area contributed by atoms with Crippen molar-refractivity contribution in [2.75, 3.05) is 10.6 Å². The van der Waals surface area contributed by atoms with Crippen molar-refractivity contribution in [1.29, 1.82) is 0 Å². The van der Waals surface area contributed by atoms with E-state index >= 15 is 0 Å². The Morgan fingerprint density at radius 3 is 2.21 bits per heavy atom. The average Bonchev–Trinajstić information content (AvgIpc) is 2.63. The molecule has 0 saturated heterocycles. The highest BCUT2D eigenvalue weighted by molar-refractivity contribution is 5.90. The molecule has 0 radical (unpaired) electrons. The molecule has 0 unspecified atom stereocenters. The van der Waals surface area contributed by atoms with Crippen LogP contribution in [0.25, 0.3) is 0 Å². The number of aromatic nitrogens is 1. The topological polar surface area (TPSA) is 54.0 Å². The van der Waals surface area contributed by atoms with Gasteiger partial charge in [0.1, 0.15) is 5.82 Å². The Morgan fingerprint density at radius 1 is 0.833 bits per heavy atom. The third-order valence-corrected chi connectivity index (χ3v) is 3.58. The SMILES string of the molecule is O=C(CCc1ccccc1)Nc1ccc(Nc2ccccc2)cn1. The van der Waals surface area contributed by atoms with E-state index in [2.05, 4.69) is 15.6 Å². The van der Waals surface area contributed by atoms with E-state index in [0.29, 0.717) is 12.2 Å². The lowest BCUT2D eigenvalue weighted by Gasteiger charge is -2.08. The van der Waals surface area contributed by atoms with Gasteiger partial charge in [0.05, 0.1) is 11.9 Å². The van der Waals surface area contributed by atoms with Crippen molar-refractivity contribution in [1.82, 2.24) is 4.98 Å². The molecule has 3 aromatic rings. The van der Waals surface area contributed by atoms with Crippen molar-refractivity contribution in [3.05, 3.63) is 84.6 Å². The Bertz CT molecular complexity index is 771. The van der Waals surface area contributed by atoms with E-state index < -0.39 is 0 Å². The predicted octanol–water partition coefficient (Wildman–Crippen LogP) is 4.40. The van der Waals surface area contributed by atoms with Crippen molar-refractivity contribution >= 4 is 23.1 Å². The molecule has 0 aliphatic carbocycles. The molecule has 0 fully saturated rings. The van der Waals surface area contributed by atoms with E-state index in [1.54, 1.807) is 12.3 Å². The standard InChI is InChI=1S/C20H19N3O/c24-20(14-11-16-7-3-1-4-8-16)23-19-13-12-18(15-21-19)22-17-9-5-2-6-10-17/h1-10,12-13,15,22H,11,14H2,(H,21,23,24). The van der Waals surface area contributed by atoms with Gasteiger partial charge in [0.15, 0.2) is 0 Å². The number of carbonyl (C=O) groups excluding carboxylic acids is 1. The van der Waals surface area contributed by atoms with Crippen LogP contribution < -0.4 is 10.6 Å². The number of carbonyl (C=O) groups is 1. The molecule has 120 valence electrons. The van der Waals surface area contributed by atoms with Crippen LogP contribution in [0.1, 0.15) is 12.0 Å². The van der Waals surface area contributed by atoms with Gasteiger partial charge in [0.25, 0.3) is 0 Å². The normalized spacial score (nSPS) is 10.2. The van der Waals surface area contributed by atoms with Crippen LogP contribution in [0.2, 0.25) is 0 Å². The molecule has 4 nitrogen and oxygen atoms in total.